The van der Waals surface area contributed by atoms with Crippen molar-refractivity contribution in [3.63, 3.8) is 0 Å². The Labute approximate surface area is 128 Å². The van der Waals surface area contributed by atoms with Gasteiger partial charge in [0.05, 0.1) is 13.2 Å². The van der Waals surface area contributed by atoms with Crippen LogP contribution in [-0.4, -0.2) is 17.1 Å². The third-order valence-electron chi connectivity index (χ3n) is 2.87. The highest BCUT2D eigenvalue weighted by Gasteiger charge is 2.13. The topological polar surface area (TPSA) is 60.2 Å². The van der Waals surface area contributed by atoms with E-state index in [0.717, 1.165) is 27.7 Å². The molecule has 1 aromatic carbocycles. The number of anilines is 1. The summed E-state index contributed by atoms with van der Waals surface area (Å²) in [5, 5.41) is 6.46. The van der Waals surface area contributed by atoms with Crippen molar-refractivity contribution < 1.29 is 4.74 Å². The summed E-state index contributed by atoms with van der Waals surface area (Å²) >= 11 is 6.72. The van der Waals surface area contributed by atoms with Gasteiger partial charge in [-0.15, -0.1) is 11.3 Å². The van der Waals surface area contributed by atoms with E-state index in [-0.39, 0.29) is 6.04 Å². The second-order valence-corrected chi connectivity index (χ2v) is 5.80. The van der Waals surface area contributed by atoms with Crippen LogP contribution in [0.2, 0.25) is 0 Å². The van der Waals surface area contributed by atoms with E-state index in [9.17, 15) is 0 Å². The van der Waals surface area contributed by atoms with Crippen LogP contribution in [0.4, 0.5) is 5.69 Å². The number of nitrogens with two attached hydrogens (primary N) is 1. The number of methoxy groups -OCH3 is 1. The van der Waals surface area contributed by atoms with Gasteiger partial charge in [0.1, 0.15) is 15.7 Å². The van der Waals surface area contributed by atoms with Crippen molar-refractivity contribution in [2.24, 2.45) is 5.73 Å². The van der Waals surface area contributed by atoms with Crippen molar-refractivity contribution in [3.05, 3.63) is 39.8 Å². The van der Waals surface area contributed by atoms with Crippen LogP contribution in [0.25, 0.3) is 0 Å². The van der Waals surface area contributed by atoms with Crippen LogP contribution in [0, 0.1) is 6.92 Å². The van der Waals surface area contributed by atoms with Gasteiger partial charge in [0, 0.05) is 28.4 Å². The molecule has 0 aliphatic heterocycles. The van der Waals surface area contributed by atoms with Gasteiger partial charge >= 0.3 is 0 Å². The minimum atomic E-state index is 0.0777. The molecule has 0 fully saturated rings. The third kappa shape index (κ3) is 3.26. The highest BCUT2D eigenvalue weighted by molar-refractivity contribution is 7.80. The molecule has 0 radical (unpaired) electrons. The summed E-state index contributed by atoms with van der Waals surface area (Å²) < 4.78 is 5.24. The SMILES string of the molecule is COc1ccc(C(N)=S)c(NC(C)c2nc(C)cs2)c1. The molecule has 0 aliphatic rings. The maximum absolute atomic E-state index is 5.76. The summed E-state index contributed by atoms with van der Waals surface area (Å²) in [4.78, 5) is 4.84. The lowest BCUT2D eigenvalue weighted by atomic mass is 10.1. The van der Waals surface area contributed by atoms with Crippen LogP contribution in [0.1, 0.15) is 29.2 Å². The molecule has 2 aromatic rings. The summed E-state index contributed by atoms with van der Waals surface area (Å²) in [7, 11) is 1.63. The predicted molar refractivity (Wildman–Crippen MR) is 87.8 cm³/mol. The molecule has 1 atom stereocenters. The second kappa shape index (κ2) is 6.19. The van der Waals surface area contributed by atoms with Crippen LogP contribution in [0.3, 0.4) is 0 Å². The van der Waals surface area contributed by atoms with Gasteiger partial charge in [0.15, 0.2) is 0 Å². The molecule has 1 unspecified atom stereocenters. The minimum absolute atomic E-state index is 0.0777. The molecule has 3 N–H and O–H groups in total. The predicted octanol–water partition coefficient (Wildman–Crippen LogP) is 3.27. The first-order chi connectivity index (χ1) is 9.51. The maximum atomic E-state index is 5.76. The van der Waals surface area contributed by atoms with Gasteiger partial charge in [0.25, 0.3) is 0 Å². The summed E-state index contributed by atoms with van der Waals surface area (Å²) in [5.41, 5.74) is 8.45. The molecule has 0 amide bonds. The van der Waals surface area contributed by atoms with Gasteiger partial charge in [0.2, 0.25) is 0 Å². The molecule has 4 nitrogen and oxygen atoms in total. The van der Waals surface area contributed by atoms with Gasteiger partial charge in [-0.1, -0.05) is 12.2 Å². The number of rotatable bonds is 5. The number of thiocarbonyl (C=S) groups is 1. The third-order valence-corrected chi connectivity index (χ3v) is 4.24. The van der Waals surface area contributed by atoms with Crippen molar-refractivity contribution in [1.82, 2.24) is 4.98 Å². The maximum Gasteiger partial charge on any atom is 0.120 e. The number of hydrogen-bond donors (Lipinski definition) is 2. The van der Waals surface area contributed by atoms with Gasteiger partial charge in [-0.25, -0.2) is 4.98 Å². The number of thiazole rings is 1. The number of benzene rings is 1. The Kier molecular flexibility index (Phi) is 4.57. The Hall–Kier alpha value is -1.66. The van der Waals surface area contributed by atoms with Crippen molar-refractivity contribution in [2.75, 3.05) is 12.4 Å². The lowest BCUT2D eigenvalue weighted by Gasteiger charge is -2.17. The fourth-order valence-electron chi connectivity index (χ4n) is 1.85. The number of nitrogens with one attached hydrogen (secondary N) is 1. The highest BCUT2D eigenvalue weighted by atomic mass is 32.1. The van der Waals surface area contributed by atoms with E-state index in [0.29, 0.717) is 4.99 Å². The van der Waals surface area contributed by atoms with Crippen molar-refractivity contribution in [2.45, 2.75) is 19.9 Å². The molecular formula is C14H17N3OS2. The Bertz CT molecular complexity index is 625. The molecule has 0 bridgehead atoms. The molecule has 0 aliphatic carbocycles. The molecule has 2 rings (SSSR count). The number of aromatic nitrogens is 1. The molecule has 106 valence electrons. The summed E-state index contributed by atoms with van der Waals surface area (Å²) in [6, 6.07) is 5.68. The van der Waals surface area contributed by atoms with Crippen LogP contribution in [0.15, 0.2) is 23.6 Å². The molecule has 1 heterocycles. The standard InChI is InChI=1S/C14H17N3OS2/c1-8-7-20-14(16-8)9(2)17-12-6-10(18-3)4-5-11(12)13(15)19/h4-7,9,17H,1-3H3,(H2,15,19). The average Bonchev–Trinajstić information content (AvgIpc) is 2.85. The van der Waals surface area contributed by atoms with Gasteiger partial charge in [-0.3, -0.25) is 0 Å². The second-order valence-electron chi connectivity index (χ2n) is 4.47. The Morgan fingerprint density at radius 1 is 1.50 bits per heavy atom. The first-order valence-electron chi connectivity index (χ1n) is 6.17. The average molecular weight is 307 g/mol. The first kappa shape index (κ1) is 14.7. The molecule has 0 spiro atoms. The smallest absolute Gasteiger partial charge is 0.120 e. The van der Waals surface area contributed by atoms with Gasteiger partial charge < -0.3 is 15.8 Å². The summed E-state index contributed by atoms with van der Waals surface area (Å²) in [6.07, 6.45) is 0. The Balaban J connectivity index is 2.29. The van der Waals surface area contributed by atoms with Crippen LogP contribution >= 0.6 is 23.6 Å². The fraction of sp³-hybridized carbons (Fsp3) is 0.286. The Morgan fingerprint density at radius 3 is 2.80 bits per heavy atom. The summed E-state index contributed by atoms with van der Waals surface area (Å²) in [6.45, 7) is 4.04. The lowest BCUT2D eigenvalue weighted by Crippen LogP contribution is -2.15. The largest absolute Gasteiger partial charge is 0.497 e. The highest BCUT2D eigenvalue weighted by Crippen LogP contribution is 2.27. The Morgan fingerprint density at radius 2 is 2.25 bits per heavy atom. The fourth-order valence-corrected chi connectivity index (χ4v) is 2.83. The van der Waals surface area contributed by atoms with Crippen LogP contribution in [0.5, 0.6) is 5.75 Å². The summed E-state index contributed by atoms with van der Waals surface area (Å²) in [5.74, 6) is 0.759. The molecule has 6 heteroatoms. The van der Waals surface area contributed by atoms with Crippen molar-refractivity contribution >= 4 is 34.2 Å². The number of aryl methyl sites for hydroxylation is 1. The lowest BCUT2D eigenvalue weighted by molar-refractivity contribution is 0.415. The molecule has 0 saturated carbocycles. The monoisotopic (exact) mass is 307 g/mol. The van der Waals surface area contributed by atoms with E-state index < -0.39 is 0 Å². The zero-order valence-corrected chi connectivity index (χ0v) is 13.3. The van der Waals surface area contributed by atoms with Crippen LogP contribution in [-0.2, 0) is 0 Å². The van der Waals surface area contributed by atoms with E-state index in [4.69, 9.17) is 22.7 Å². The van der Waals surface area contributed by atoms with Gasteiger partial charge in [-0.2, -0.15) is 0 Å². The van der Waals surface area contributed by atoms with Gasteiger partial charge in [-0.05, 0) is 26.0 Å². The zero-order chi connectivity index (χ0) is 14.7. The number of ether oxygens (including phenoxy) is 1. The van der Waals surface area contributed by atoms with E-state index in [2.05, 4.69) is 17.2 Å². The number of nitrogens with zero attached hydrogens (tertiary/aromatic N) is 1. The first-order valence-corrected chi connectivity index (χ1v) is 7.46. The van der Waals surface area contributed by atoms with E-state index in [1.807, 2.05) is 30.5 Å². The van der Waals surface area contributed by atoms with E-state index in [1.165, 1.54) is 0 Å². The van der Waals surface area contributed by atoms with Crippen molar-refractivity contribution in [3.8, 4) is 5.75 Å². The van der Waals surface area contributed by atoms with E-state index in [1.54, 1.807) is 18.4 Å². The molecular weight excluding hydrogens is 290 g/mol. The molecule has 20 heavy (non-hydrogen) atoms. The quantitative estimate of drug-likeness (QED) is 0.830. The zero-order valence-electron chi connectivity index (χ0n) is 11.6. The molecule has 1 aromatic heterocycles. The van der Waals surface area contributed by atoms with Crippen molar-refractivity contribution in [1.29, 1.82) is 0 Å². The van der Waals surface area contributed by atoms with Crippen LogP contribution < -0.4 is 15.8 Å². The molecule has 0 saturated heterocycles. The minimum Gasteiger partial charge on any atom is -0.497 e. The normalized spacial score (nSPS) is 11.9. The number of hydrogen-bond acceptors (Lipinski definition) is 5. The van der Waals surface area contributed by atoms with E-state index >= 15 is 0 Å².